The second-order valence-corrected chi connectivity index (χ2v) is 4.05. The molecule has 0 aliphatic carbocycles. The van der Waals surface area contributed by atoms with Gasteiger partial charge in [-0.15, -0.1) is 0 Å². The quantitative estimate of drug-likeness (QED) is 0.794. The summed E-state index contributed by atoms with van der Waals surface area (Å²) in [7, 11) is 0. The topological polar surface area (TPSA) is 38.0 Å². The Morgan fingerprint density at radius 1 is 1.12 bits per heavy atom. The number of nitrogens with two attached hydrogens (primary N) is 1. The van der Waals surface area contributed by atoms with Gasteiger partial charge in [0.15, 0.2) is 0 Å². The first-order valence-electron chi connectivity index (χ1n) is 5.49. The fraction of sp³-hybridized carbons (Fsp3) is 0.143. The molecule has 0 spiro atoms. The van der Waals surface area contributed by atoms with Crippen molar-refractivity contribution in [2.75, 3.05) is 11.1 Å². The SMILES string of the molecule is Cc1ccc(NCc2ccc(F)cc2)cc1N. The first kappa shape index (κ1) is 11.5. The number of nitrogen functional groups attached to an aromatic ring is 1. The fourth-order valence-electron chi connectivity index (χ4n) is 1.56. The molecule has 0 bridgehead atoms. The van der Waals surface area contributed by atoms with E-state index in [-0.39, 0.29) is 5.82 Å². The summed E-state index contributed by atoms with van der Waals surface area (Å²) < 4.78 is 12.7. The molecular formula is C14H15FN2. The van der Waals surface area contributed by atoms with Gasteiger partial charge in [0.1, 0.15) is 5.82 Å². The zero-order chi connectivity index (χ0) is 12.3. The Labute approximate surface area is 100 Å². The van der Waals surface area contributed by atoms with Crippen LogP contribution in [0.3, 0.4) is 0 Å². The van der Waals surface area contributed by atoms with Gasteiger partial charge >= 0.3 is 0 Å². The fourth-order valence-corrected chi connectivity index (χ4v) is 1.56. The van der Waals surface area contributed by atoms with Crippen molar-refractivity contribution in [3.63, 3.8) is 0 Å². The molecule has 0 heterocycles. The van der Waals surface area contributed by atoms with Gasteiger partial charge in [-0.3, -0.25) is 0 Å². The van der Waals surface area contributed by atoms with Gasteiger partial charge in [-0.25, -0.2) is 4.39 Å². The van der Waals surface area contributed by atoms with Crippen LogP contribution in [-0.4, -0.2) is 0 Å². The molecule has 0 unspecified atom stereocenters. The first-order chi connectivity index (χ1) is 8.15. The lowest BCUT2D eigenvalue weighted by molar-refractivity contribution is 0.627. The number of anilines is 2. The van der Waals surface area contributed by atoms with Gasteiger partial charge in [0.2, 0.25) is 0 Å². The van der Waals surface area contributed by atoms with Crippen molar-refractivity contribution in [2.24, 2.45) is 0 Å². The summed E-state index contributed by atoms with van der Waals surface area (Å²) in [6, 6.07) is 12.3. The average molecular weight is 230 g/mol. The van der Waals surface area contributed by atoms with E-state index >= 15 is 0 Å². The van der Waals surface area contributed by atoms with Crippen molar-refractivity contribution in [3.8, 4) is 0 Å². The molecule has 3 N–H and O–H groups in total. The zero-order valence-corrected chi connectivity index (χ0v) is 9.70. The van der Waals surface area contributed by atoms with Crippen LogP contribution >= 0.6 is 0 Å². The maximum Gasteiger partial charge on any atom is 0.123 e. The van der Waals surface area contributed by atoms with Crippen LogP contribution in [0.25, 0.3) is 0 Å². The maximum atomic E-state index is 12.7. The van der Waals surface area contributed by atoms with Crippen LogP contribution in [0.1, 0.15) is 11.1 Å². The Hall–Kier alpha value is -2.03. The summed E-state index contributed by atoms with van der Waals surface area (Å²) in [4.78, 5) is 0. The molecule has 0 aliphatic heterocycles. The lowest BCUT2D eigenvalue weighted by atomic mass is 10.1. The normalized spacial score (nSPS) is 10.2. The molecule has 2 nitrogen and oxygen atoms in total. The zero-order valence-electron chi connectivity index (χ0n) is 9.70. The Balaban J connectivity index is 2.02. The highest BCUT2D eigenvalue weighted by atomic mass is 19.1. The molecule has 0 amide bonds. The van der Waals surface area contributed by atoms with Crippen LogP contribution in [-0.2, 0) is 6.54 Å². The molecule has 0 radical (unpaired) electrons. The largest absolute Gasteiger partial charge is 0.398 e. The number of benzene rings is 2. The maximum absolute atomic E-state index is 12.7. The van der Waals surface area contributed by atoms with E-state index in [9.17, 15) is 4.39 Å². The highest BCUT2D eigenvalue weighted by Crippen LogP contribution is 2.17. The predicted molar refractivity (Wildman–Crippen MR) is 69.3 cm³/mol. The number of nitrogens with one attached hydrogen (secondary N) is 1. The van der Waals surface area contributed by atoms with Crippen LogP contribution in [0.5, 0.6) is 0 Å². The van der Waals surface area contributed by atoms with E-state index in [0.717, 1.165) is 22.5 Å². The molecule has 88 valence electrons. The Bertz CT molecular complexity index is 506. The van der Waals surface area contributed by atoms with E-state index in [1.54, 1.807) is 12.1 Å². The number of hydrogen-bond donors (Lipinski definition) is 2. The summed E-state index contributed by atoms with van der Waals surface area (Å²) in [6.45, 7) is 2.63. The van der Waals surface area contributed by atoms with E-state index in [1.807, 2.05) is 25.1 Å². The third-order valence-electron chi connectivity index (χ3n) is 2.69. The van der Waals surface area contributed by atoms with Crippen LogP contribution in [0.4, 0.5) is 15.8 Å². The lowest BCUT2D eigenvalue weighted by Crippen LogP contribution is -2.00. The molecule has 0 saturated heterocycles. The molecule has 0 atom stereocenters. The van der Waals surface area contributed by atoms with Gasteiger partial charge in [0.05, 0.1) is 0 Å². The molecule has 17 heavy (non-hydrogen) atoms. The van der Waals surface area contributed by atoms with Crippen molar-refractivity contribution in [1.82, 2.24) is 0 Å². The van der Waals surface area contributed by atoms with Gasteiger partial charge < -0.3 is 11.1 Å². The molecule has 2 rings (SSSR count). The first-order valence-corrected chi connectivity index (χ1v) is 5.49. The molecule has 3 heteroatoms. The van der Waals surface area contributed by atoms with Gasteiger partial charge in [-0.2, -0.15) is 0 Å². The highest BCUT2D eigenvalue weighted by Gasteiger charge is 1.97. The van der Waals surface area contributed by atoms with Crippen molar-refractivity contribution >= 4 is 11.4 Å². The van der Waals surface area contributed by atoms with Gasteiger partial charge in [-0.1, -0.05) is 18.2 Å². The average Bonchev–Trinajstić information content (AvgIpc) is 2.33. The highest BCUT2D eigenvalue weighted by molar-refractivity contribution is 5.58. The van der Waals surface area contributed by atoms with E-state index < -0.39 is 0 Å². The third kappa shape index (κ3) is 2.97. The van der Waals surface area contributed by atoms with Crippen LogP contribution in [0.2, 0.25) is 0 Å². The summed E-state index contributed by atoms with van der Waals surface area (Å²) >= 11 is 0. The van der Waals surface area contributed by atoms with E-state index in [1.165, 1.54) is 12.1 Å². The van der Waals surface area contributed by atoms with Gasteiger partial charge in [0.25, 0.3) is 0 Å². The summed E-state index contributed by atoms with van der Waals surface area (Å²) in [5.74, 6) is -0.215. The summed E-state index contributed by atoms with van der Waals surface area (Å²) in [5, 5.41) is 3.25. The molecule has 0 fully saturated rings. The smallest absolute Gasteiger partial charge is 0.123 e. The Morgan fingerprint density at radius 3 is 2.47 bits per heavy atom. The molecular weight excluding hydrogens is 215 g/mol. The van der Waals surface area contributed by atoms with Crippen molar-refractivity contribution in [3.05, 3.63) is 59.4 Å². The van der Waals surface area contributed by atoms with Crippen molar-refractivity contribution in [2.45, 2.75) is 13.5 Å². The molecule has 0 saturated carbocycles. The van der Waals surface area contributed by atoms with Gasteiger partial charge in [0, 0.05) is 17.9 Å². The molecule has 2 aromatic carbocycles. The minimum absolute atomic E-state index is 0.215. The monoisotopic (exact) mass is 230 g/mol. The van der Waals surface area contributed by atoms with Crippen LogP contribution in [0, 0.1) is 12.7 Å². The second kappa shape index (κ2) is 4.87. The van der Waals surface area contributed by atoms with Gasteiger partial charge in [-0.05, 0) is 42.3 Å². The van der Waals surface area contributed by atoms with E-state index in [0.29, 0.717) is 6.54 Å². The summed E-state index contributed by atoms with van der Waals surface area (Å²) in [6.07, 6.45) is 0. The minimum atomic E-state index is -0.215. The van der Waals surface area contributed by atoms with E-state index in [2.05, 4.69) is 5.32 Å². The van der Waals surface area contributed by atoms with E-state index in [4.69, 9.17) is 5.73 Å². The minimum Gasteiger partial charge on any atom is -0.398 e. The van der Waals surface area contributed by atoms with Crippen LogP contribution in [0.15, 0.2) is 42.5 Å². The molecule has 0 aromatic heterocycles. The standard InChI is InChI=1S/C14H15FN2/c1-10-2-7-13(8-14(10)16)17-9-11-3-5-12(15)6-4-11/h2-8,17H,9,16H2,1H3. The molecule has 2 aromatic rings. The Kier molecular flexibility index (Phi) is 3.28. The lowest BCUT2D eigenvalue weighted by Gasteiger charge is -2.08. The summed E-state index contributed by atoms with van der Waals surface area (Å²) in [5.41, 5.74) is 9.66. The third-order valence-corrected chi connectivity index (χ3v) is 2.69. The number of hydrogen-bond acceptors (Lipinski definition) is 2. The van der Waals surface area contributed by atoms with Crippen LogP contribution < -0.4 is 11.1 Å². The molecule has 0 aliphatic rings. The van der Waals surface area contributed by atoms with Crippen molar-refractivity contribution < 1.29 is 4.39 Å². The number of aryl methyl sites for hydroxylation is 1. The Morgan fingerprint density at radius 2 is 1.82 bits per heavy atom. The number of halogens is 1. The second-order valence-electron chi connectivity index (χ2n) is 4.05. The predicted octanol–water partition coefficient (Wildman–Crippen LogP) is 3.33. The van der Waals surface area contributed by atoms with Crippen molar-refractivity contribution in [1.29, 1.82) is 0 Å². The number of rotatable bonds is 3.